The largest absolute Gasteiger partial charge is 0.417 e. The Labute approximate surface area is 215 Å². The summed E-state index contributed by atoms with van der Waals surface area (Å²) in [5.74, 6) is -0.948. The second-order valence-electron chi connectivity index (χ2n) is 8.18. The van der Waals surface area contributed by atoms with E-state index >= 15 is 0 Å². The minimum Gasteiger partial charge on any atom is -0.377 e. The standard InChI is InChI=1S/C26H22ClF3N4O3/c1-34-21-12-16(32-25(36)17-8-4-5-9-19(17)26(28,29)30)11-18(23(21)33-22(34)14-37-2)24(35)31-13-15-7-3-6-10-20(15)27/h3-12H,13-14H2,1-2H3,(H,31,35)(H,32,36). The van der Waals surface area contributed by atoms with Gasteiger partial charge in [-0.3, -0.25) is 9.59 Å². The van der Waals surface area contributed by atoms with Crippen LogP contribution in [-0.4, -0.2) is 28.5 Å². The second kappa shape index (κ2) is 10.6. The summed E-state index contributed by atoms with van der Waals surface area (Å²) in [5.41, 5.74) is 0.185. The lowest BCUT2D eigenvalue weighted by Crippen LogP contribution is -2.24. The van der Waals surface area contributed by atoms with Crippen LogP contribution >= 0.6 is 11.6 Å². The fraction of sp³-hybridized carbons (Fsp3) is 0.192. The maximum atomic E-state index is 13.4. The molecule has 2 N–H and O–H groups in total. The first-order chi connectivity index (χ1) is 17.6. The Morgan fingerprint density at radius 1 is 1.03 bits per heavy atom. The van der Waals surface area contributed by atoms with Crippen LogP contribution in [0.2, 0.25) is 5.02 Å². The van der Waals surface area contributed by atoms with Crippen LogP contribution in [0.5, 0.6) is 0 Å². The first kappa shape index (κ1) is 26.2. The lowest BCUT2D eigenvalue weighted by Gasteiger charge is -2.14. The number of rotatable bonds is 7. The zero-order chi connectivity index (χ0) is 26.7. The molecular weight excluding hydrogens is 509 g/mol. The van der Waals surface area contributed by atoms with Gasteiger partial charge in [0.25, 0.3) is 11.8 Å². The normalized spacial score (nSPS) is 11.5. The summed E-state index contributed by atoms with van der Waals surface area (Å²) >= 11 is 6.18. The minimum atomic E-state index is -4.71. The van der Waals surface area contributed by atoms with Crippen LogP contribution in [0.25, 0.3) is 11.0 Å². The maximum absolute atomic E-state index is 13.4. The van der Waals surface area contributed by atoms with Crippen LogP contribution in [-0.2, 0) is 31.1 Å². The van der Waals surface area contributed by atoms with Gasteiger partial charge in [0.15, 0.2) is 0 Å². The van der Waals surface area contributed by atoms with Crippen molar-refractivity contribution in [3.63, 3.8) is 0 Å². The molecule has 0 aliphatic rings. The van der Waals surface area contributed by atoms with Crippen molar-refractivity contribution < 1.29 is 27.5 Å². The second-order valence-corrected chi connectivity index (χ2v) is 8.59. The molecule has 0 spiro atoms. The van der Waals surface area contributed by atoms with E-state index in [1.165, 1.54) is 25.3 Å². The Morgan fingerprint density at radius 2 is 1.73 bits per heavy atom. The number of hydrogen-bond acceptors (Lipinski definition) is 4. The van der Waals surface area contributed by atoms with E-state index in [0.29, 0.717) is 27.4 Å². The van der Waals surface area contributed by atoms with Gasteiger partial charge in [0.05, 0.1) is 22.2 Å². The Hall–Kier alpha value is -3.89. The average Bonchev–Trinajstić information content (AvgIpc) is 3.17. The monoisotopic (exact) mass is 530 g/mol. The van der Waals surface area contributed by atoms with Gasteiger partial charge in [-0.1, -0.05) is 41.9 Å². The van der Waals surface area contributed by atoms with Gasteiger partial charge in [0, 0.05) is 31.4 Å². The number of hydrogen-bond donors (Lipinski definition) is 2. The Morgan fingerprint density at radius 3 is 2.43 bits per heavy atom. The van der Waals surface area contributed by atoms with Crippen molar-refractivity contribution in [1.82, 2.24) is 14.9 Å². The van der Waals surface area contributed by atoms with Crippen LogP contribution in [0.3, 0.4) is 0 Å². The number of imidazole rings is 1. The number of ether oxygens (including phenoxy) is 1. The number of aromatic nitrogens is 2. The molecule has 4 rings (SSSR count). The summed E-state index contributed by atoms with van der Waals surface area (Å²) in [7, 11) is 3.21. The number of anilines is 1. The van der Waals surface area contributed by atoms with Gasteiger partial charge < -0.3 is 19.9 Å². The van der Waals surface area contributed by atoms with Crippen LogP contribution in [0.1, 0.15) is 37.7 Å². The van der Waals surface area contributed by atoms with Crippen molar-refractivity contribution in [2.75, 3.05) is 12.4 Å². The molecule has 0 aliphatic carbocycles. The first-order valence-electron chi connectivity index (χ1n) is 11.1. The van der Waals surface area contributed by atoms with Gasteiger partial charge in [-0.05, 0) is 35.9 Å². The number of fused-ring (bicyclic) bond motifs is 1. The SMILES string of the molecule is COCc1nc2c(C(=O)NCc3ccccc3Cl)cc(NC(=O)c3ccccc3C(F)(F)F)cc2n1C. The summed E-state index contributed by atoms with van der Waals surface area (Å²) in [6, 6.07) is 14.4. The zero-order valence-electron chi connectivity index (χ0n) is 19.8. The highest BCUT2D eigenvalue weighted by atomic mass is 35.5. The number of nitrogens with zero attached hydrogens (tertiary/aromatic N) is 2. The summed E-state index contributed by atoms with van der Waals surface area (Å²) in [6.45, 7) is 0.291. The molecule has 0 fully saturated rings. The fourth-order valence-electron chi connectivity index (χ4n) is 3.88. The molecule has 0 aliphatic heterocycles. The van der Waals surface area contributed by atoms with Gasteiger partial charge in [-0.25, -0.2) is 4.98 Å². The molecule has 7 nitrogen and oxygen atoms in total. The maximum Gasteiger partial charge on any atom is 0.417 e. The molecule has 0 radical (unpaired) electrons. The number of carbonyl (C=O) groups excluding carboxylic acids is 2. The van der Waals surface area contributed by atoms with Gasteiger partial charge in [-0.15, -0.1) is 0 Å². The zero-order valence-corrected chi connectivity index (χ0v) is 20.6. The molecule has 1 aromatic heterocycles. The van der Waals surface area contributed by atoms with Crippen molar-refractivity contribution in [3.05, 3.63) is 93.8 Å². The molecule has 2 amide bonds. The highest BCUT2D eigenvalue weighted by Crippen LogP contribution is 2.32. The molecule has 192 valence electrons. The summed E-state index contributed by atoms with van der Waals surface area (Å²) < 4.78 is 47.2. The van der Waals surface area contributed by atoms with Gasteiger partial charge in [-0.2, -0.15) is 13.2 Å². The highest BCUT2D eigenvalue weighted by molar-refractivity contribution is 6.31. The number of carbonyl (C=O) groups is 2. The van der Waals surface area contributed by atoms with E-state index in [1.807, 2.05) is 0 Å². The van der Waals surface area contributed by atoms with E-state index in [2.05, 4.69) is 15.6 Å². The quantitative estimate of drug-likeness (QED) is 0.327. The predicted octanol–water partition coefficient (Wildman–Crippen LogP) is 5.57. The van der Waals surface area contributed by atoms with E-state index in [1.54, 1.807) is 41.9 Å². The van der Waals surface area contributed by atoms with Crippen LogP contribution in [0, 0.1) is 0 Å². The first-order valence-corrected chi connectivity index (χ1v) is 11.5. The molecule has 37 heavy (non-hydrogen) atoms. The van der Waals surface area contributed by atoms with Gasteiger partial charge in [0.2, 0.25) is 0 Å². The number of benzene rings is 3. The molecule has 1 heterocycles. The smallest absolute Gasteiger partial charge is 0.377 e. The molecule has 0 saturated carbocycles. The predicted molar refractivity (Wildman–Crippen MR) is 133 cm³/mol. The van der Waals surface area contributed by atoms with Crippen molar-refractivity contribution >= 4 is 40.1 Å². The third kappa shape index (κ3) is 5.60. The number of methoxy groups -OCH3 is 1. The third-order valence-electron chi connectivity index (χ3n) is 5.73. The number of nitrogens with one attached hydrogen (secondary N) is 2. The van der Waals surface area contributed by atoms with Gasteiger partial charge in [0.1, 0.15) is 17.9 Å². The molecule has 4 aromatic rings. The van der Waals surface area contributed by atoms with Crippen LogP contribution in [0.4, 0.5) is 18.9 Å². The van der Waals surface area contributed by atoms with Crippen molar-refractivity contribution in [1.29, 1.82) is 0 Å². The molecule has 0 unspecified atom stereocenters. The number of alkyl halides is 3. The lowest BCUT2D eigenvalue weighted by molar-refractivity contribution is -0.137. The summed E-state index contributed by atoms with van der Waals surface area (Å²) in [5, 5.41) is 5.77. The van der Waals surface area contributed by atoms with Crippen molar-refractivity contribution in [2.24, 2.45) is 7.05 Å². The number of halogens is 4. The average molecular weight is 531 g/mol. The fourth-order valence-corrected chi connectivity index (χ4v) is 4.08. The molecular formula is C26H22ClF3N4O3. The number of aryl methyl sites for hydroxylation is 1. The molecule has 0 saturated heterocycles. The van der Waals surface area contributed by atoms with Gasteiger partial charge >= 0.3 is 6.18 Å². The minimum absolute atomic E-state index is 0.127. The van der Waals surface area contributed by atoms with Crippen LogP contribution in [0.15, 0.2) is 60.7 Å². The topological polar surface area (TPSA) is 85.2 Å². The molecule has 3 aromatic carbocycles. The Bertz CT molecular complexity index is 1480. The Kier molecular flexibility index (Phi) is 7.51. The Balaban J connectivity index is 1.72. The third-order valence-corrected chi connectivity index (χ3v) is 6.10. The molecule has 11 heteroatoms. The van der Waals surface area contributed by atoms with Crippen molar-refractivity contribution in [2.45, 2.75) is 19.3 Å². The summed E-state index contributed by atoms with van der Waals surface area (Å²) in [6.07, 6.45) is -4.71. The van der Waals surface area contributed by atoms with Crippen molar-refractivity contribution in [3.8, 4) is 0 Å². The highest BCUT2D eigenvalue weighted by Gasteiger charge is 2.35. The van der Waals surface area contributed by atoms with E-state index in [-0.39, 0.29) is 24.4 Å². The summed E-state index contributed by atoms with van der Waals surface area (Å²) in [4.78, 5) is 30.6. The number of amides is 2. The molecule has 0 bridgehead atoms. The van der Waals surface area contributed by atoms with Crippen LogP contribution < -0.4 is 10.6 Å². The van der Waals surface area contributed by atoms with E-state index in [4.69, 9.17) is 16.3 Å². The molecule has 0 atom stereocenters. The lowest BCUT2D eigenvalue weighted by atomic mass is 10.1. The van der Waals surface area contributed by atoms with E-state index < -0.39 is 29.1 Å². The van der Waals surface area contributed by atoms with E-state index in [0.717, 1.165) is 12.1 Å². The van der Waals surface area contributed by atoms with E-state index in [9.17, 15) is 22.8 Å².